The van der Waals surface area contributed by atoms with Gasteiger partial charge in [-0.2, -0.15) is 4.98 Å². The number of nitrogens with one attached hydrogen (secondary N) is 2. The van der Waals surface area contributed by atoms with Crippen LogP contribution >= 0.6 is 11.3 Å². The molecule has 0 fully saturated rings. The highest BCUT2D eigenvalue weighted by Gasteiger charge is 2.15. The molecule has 0 aliphatic carbocycles. The van der Waals surface area contributed by atoms with Crippen molar-refractivity contribution in [1.82, 2.24) is 20.2 Å². The Labute approximate surface area is 96.1 Å². The van der Waals surface area contributed by atoms with E-state index in [4.69, 9.17) is 0 Å². The topological polar surface area (TPSA) is 83.6 Å². The third-order valence-electron chi connectivity index (χ3n) is 1.93. The number of aromatic amines is 1. The first-order valence-electron chi connectivity index (χ1n) is 4.70. The number of thiazole rings is 1. The molecule has 2 N–H and O–H groups in total. The van der Waals surface area contributed by atoms with Crippen LogP contribution in [0.4, 0.5) is 5.95 Å². The van der Waals surface area contributed by atoms with E-state index in [1.54, 1.807) is 6.92 Å². The van der Waals surface area contributed by atoms with Crippen LogP contribution in [0.25, 0.3) is 0 Å². The summed E-state index contributed by atoms with van der Waals surface area (Å²) in [5.41, 5.74) is 0.729. The number of carbonyl (C=O) groups excluding carboxylic acids is 1. The average molecular weight is 237 g/mol. The number of aryl methyl sites for hydroxylation is 3. The van der Waals surface area contributed by atoms with E-state index >= 15 is 0 Å². The van der Waals surface area contributed by atoms with E-state index in [0.717, 1.165) is 10.7 Å². The standard InChI is InChI=1S/C9H11N5OS/c1-4-7(16-6(3)10-4)8(15)12-9-11-5(2)13-14-9/h1-3H3,(H2,11,12,13,14,15). The predicted octanol–water partition coefficient (Wildman–Crippen LogP) is 1.44. The summed E-state index contributed by atoms with van der Waals surface area (Å²) in [4.78, 5) is 20.6. The summed E-state index contributed by atoms with van der Waals surface area (Å²) in [6.45, 7) is 5.44. The van der Waals surface area contributed by atoms with Gasteiger partial charge in [-0.3, -0.25) is 15.2 Å². The monoisotopic (exact) mass is 237 g/mol. The Morgan fingerprint density at radius 1 is 1.31 bits per heavy atom. The van der Waals surface area contributed by atoms with Gasteiger partial charge in [-0.15, -0.1) is 16.4 Å². The number of nitrogens with zero attached hydrogens (tertiary/aromatic N) is 3. The molecule has 7 heteroatoms. The molecule has 2 aromatic heterocycles. The van der Waals surface area contributed by atoms with Crippen molar-refractivity contribution < 1.29 is 4.79 Å². The van der Waals surface area contributed by atoms with Crippen molar-refractivity contribution in [2.24, 2.45) is 0 Å². The summed E-state index contributed by atoms with van der Waals surface area (Å²) in [6.07, 6.45) is 0. The molecule has 0 radical (unpaired) electrons. The summed E-state index contributed by atoms with van der Waals surface area (Å²) in [6, 6.07) is 0. The van der Waals surface area contributed by atoms with Gasteiger partial charge in [0.15, 0.2) is 0 Å². The number of rotatable bonds is 2. The molecule has 16 heavy (non-hydrogen) atoms. The lowest BCUT2D eigenvalue weighted by Crippen LogP contribution is -2.12. The lowest BCUT2D eigenvalue weighted by atomic mass is 10.4. The highest BCUT2D eigenvalue weighted by Crippen LogP contribution is 2.17. The zero-order chi connectivity index (χ0) is 11.7. The second-order valence-electron chi connectivity index (χ2n) is 3.35. The van der Waals surface area contributed by atoms with Crippen LogP contribution in [0.2, 0.25) is 0 Å². The molecular weight excluding hydrogens is 226 g/mol. The minimum absolute atomic E-state index is 0.220. The molecule has 1 amide bonds. The molecule has 0 unspecified atom stereocenters. The zero-order valence-electron chi connectivity index (χ0n) is 9.16. The SMILES string of the molecule is Cc1nc(NC(=O)c2sc(C)nc2C)n[nH]1. The van der Waals surface area contributed by atoms with Crippen LogP contribution in [0.3, 0.4) is 0 Å². The molecule has 0 atom stereocenters. The van der Waals surface area contributed by atoms with Crippen LogP contribution in [0, 0.1) is 20.8 Å². The molecule has 0 aromatic carbocycles. The largest absolute Gasteiger partial charge is 0.288 e. The Kier molecular flexibility index (Phi) is 2.69. The predicted molar refractivity (Wildman–Crippen MR) is 60.7 cm³/mol. The third-order valence-corrected chi connectivity index (χ3v) is 3.00. The highest BCUT2D eigenvalue weighted by molar-refractivity contribution is 7.13. The van der Waals surface area contributed by atoms with Crippen LogP contribution in [-0.4, -0.2) is 26.1 Å². The number of aromatic nitrogens is 4. The minimum atomic E-state index is -0.220. The van der Waals surface area contributed by atoms with Gasteiger partial charge in [0.25, 0.3) is 5.91 Å². The number of hydrogen-bond acceptors (Lipinski definition) is 5. The van der Waals surface area contributed by atoms with Gasteiger partial charge in [0.05, 0.1) is 10.7 Å². The van der Waals surface area contributed by atoms with Crippen molar-refractivity contribution in [3.8, 4) is 0 Å². The van der Waals surface area contributed by atoms with Crippen molar-refractivity contribution in [2.45, 2.75) is 20.8 Å². The average Bonchev–Trinajstić information content (AvgIpc) is 2.73. The van der Waals surface area contributed by atoms with Crippen molar-refractivity contribution in [2.75, 3.05) is 5.32 Å². The van der Waals surface area contributed by atoms with E-state index in [1.807, 2.05) is 13.8 Å². The van der Waals surface area contributed by atoms with Crippen LogP contribution < -0.4 is 5.32 Å². The fraction of sp³-hybridized carbons (Fsp3) is 0.333. The van der Waals surface area contributed by atoms with Gasteiger partial charge < -0.3 is 0 Å². The molecule has 0 spiro atoms. The summed E-state index contributed by atoms with van der Waals surface area (Å²) in [5.74, 6) is 0.725. The minimum Gasteiger partial charge on any atom is -0.288 e. The fourth-order valence-corrected chi connectivity index (χ4v) is 2.11. The van der Waals surface area contributed by atoms with Crippen molar-refractivity contribution in [3.63, 3.8) is 0 Å². The molecule has 0 saturated heterocycles. The Morgan fingerprint density at radius 2 is 2.06 bits per heavy atom. The maximum Gasteiger partial charge on any atom is 0.270 e. The van der Waals surface area contributed by atoms with Crippen molar-refractivity contribution >= 4 is 23.2 Å². The van der Waals surface area contributed by atoms with Gasteiger partial charge in [0.1, 0.15) is 10.7 Å². The molecule has 84 valence electrons. The van der Waals surface area contributed by atoms with Crippen LogP contribution in [0.1, 0.15) is 26.2 Å². The molecule has 6 nitrogen and oxygen atoms in total. The normalized spacial score (nSPS) is 10.4. The molecule has 0 bridgehead atoms. The number of anilines is 1. The maximum atomic E-state index is 11.8. The molecule has 2 heterocycles. The maximum absolute atomic E-state index is 11.8. The van der Waals surface area contributed by atoms with Gasteiger partial charge in [0, 0.05) is 0 Å². The van der Waals surface area contributed by atoms with Crippen molar-refractivity contribution in [3.05, 3.63) is 21.4 Å². The fourth-order valence-electron chi connectivity index (χ4n) is 1.30. The van der Waals surface area contributed by atoms with E-state index in [0.29, 0.717) is 10.7 Å². The quantitative estimate of drug-likeness (QED) is 0.827. The molecule has 2 rings (SSSR count). The van der Waals surface area contributed by atoms with E-state index in [-0.39, 0.29) is 11.9 Å². The molecule has 0 aliphatic rings. The summed E-state index contributed by atoms with van der Waals surface area (Å²) < 4.78 is 0. The number of H-pyrrole nitrogens is 1. The van der Waals surface area contributed by atoms with E-state index in [2.05, 4.69) is 25.5 Å². The van der Waals surface area contributed by atoms with Crippen LogP contribution in [0.5, 0.6) is 0 Å². The van der Waals surface area contributed by atoms with Gasteiger partial charge >= 0.3 is 0 Å². The van der Waals surface area contributed by atoms with Gasteiger partial charge in [0.2, 0.25) is 5.95 Å². The van der Waals surface area contributed by atoms with Crippen molar-refractivity contribution in [1.29, 1.82) is 0 Å². The first-order chi connectivity index (χ1) is 7.56. The Morgan fingerprint density at radius 3 is 2.56 bits per heavy atom. The number of hydrogen-bond donors (Lipinski definition) is 2. The summed E-state index contributed by atoms with van der Waals surface area (Å²) in [5, 5.41) is 9.97. The van der Waals surface area contributed by atoms with Gasteiger partial charge in [-0.1, -0.05) is 0 Å². The van der Waals surface area contributed by atoms with Crippen LogP contribution in [-0.2, 0) is 0 Å². The molecule has 2 aromatic rings. The third kappa shape index (κ3) is 2.08. The number of amides is 1. The first kappa shape index (κ1) is 10.7. The molecule has 0 saturated carbocycles. The van der Waals surface area contributed by atoms with E-state index in [9.17, 15) is 4.79 Å². The zero-order valence-corrected chi connectivity index (χ0v) is 9.97. The lowest BCUT2D eigenvalue weighted by Gasteiger charge is -1.97. The van der Waals surface area contributed by atoms with Gasteiger partial charge in [-0.05, 0) is 20.8 Å². The Hall–Kier alpha value is -1.76. The van der Waals surface area contributed by atoms with E-state index < -0.39 is 0 Å². The summed E-state index contributed by atoms with van der Waals surface area (Å²) in [7, 11) is 0. The second-order valence-corrected chi connectivity index (χ2v) is 4.55. The smallest absolute Gasteiger partial charge is 0.270 e. The van der Waals surface area contributed by atoms with Gasteiger partial charge in [-0.25, -0.2) is 4.98 Å². The Bertz CT molecular complexity index is 530. The highest BCUT2D eigenvalue weighted by atomic mass is 32.1. The number of carbonyl (C=O) groups is 1. The van der Waals surface area contributed by atoms with E-state index in [1.165, 1.54) is 11.3 Å². The molecular formula is C9H11N5OS. The Balaban J connectivity index is 2.17. The summed E-state index contributed by atoms with van der Waals surface area (Å²) >= 11 is 1.36. The second kappa shape index (κ2) is 4.01. The van der Waals surface area contributed by atoms with Crippen LogP contribution in [0.15, 0.2) is 0 Å². The lowest BCUT2D eigenvalue weighted by molar-refractivity contribution is 0.102. The first-order valence-corrected chi connectivity index (χ1v) is 5.52. The molecule has 0 aliphatic heterocycles.